The third kappa shape index (κ3) is 4.97. The summed E-state index contributed by atoms with van der Waals surface area (Å²) in [6, 6.07) is 14.1. The van der Waals surface area contributed by atoms with E-state index in [0.29, 0.717) is 11.4 Å². The highest BCUT2D eigenvalue weighted by molar-refractivity contribution is 5.95. The SMILES string of the molecule is COc1ccc(O[C@@H](C)C(=O)Nc2ccc(N(C)C(C)=O)cc2)cc1. The Balaban J connectivity index is 1.94. The Morgan fingerprint density at radius 2 is 1.56 bits per heavy atom. The van der Waals surface area contributed by atoms with Gasteiger partial charge in [0, 0.05) is 25.3 Å². The second-order valence-corrected chi connectivity index (χ2v) is 5.55. The van der Waals surface area contributed by atoms with Gasteiger partial charge in [0.15, 0.2) is 6.10 Å². The fourth-order valence-corrected chi connectivity index (χ4v) is 2.11. The van der Waals surface area contributed by atoms with Crippen LogP contribution in [0.15, 0.2) is 48.5 Å². The number of rotatable bonds is 6. The molecule has 25 heavy (non-hydrogen) atoms. The van der Waals surface area contributed by atoms with Crippen LogP contribution in [-0.4, -0.2) is 32.1 Å². The molecule has 0 radical (unpaired) electrons. The van der Waals surface area contributed by atoms with Crippen molar-refractivity contribution in [3.05, 3.63) is 48.5 Å². The largest absolute Gasteiger partial charge is 0.497 e. The zero-order chi connectivity index (χ0) is 18.4. The summed E-state index contributed by atoms with van der Waals surface area (Å²) in [7, 11) is 3.28. The Bertz CT molecular complexity index is 726. The van der Waals surface area contributed by atoms with Gasteiger partial charge in [-0.15, -0.1) is 0 Å². The van der Waals surface area contributed by atoms with Gasteiger partial charge in [-0.2, -0.15) is 0 Å². The minimum Gasteiger partial charge on any atom is -0.497 e. The molecule has 0 bridgehead atoms. The van der Waals surface area contributed by atoms with Gasteiger partial charge in [-0.05, 0) is 55.5 Å². The number of anilines is 2. The van der Waals surface area contributed by atoms with Gasteiger partial charge in [-0.1, -0.05) is 0 Å². The highest BCUT2D eigenvalue weighted by atomic mass is 16.5. The molecular weight excluding hydrogens is 320 g/mol. The molecule has 0 aromatic heterocycles. The number of carbonyl (C=O) groups excluding carboxylic acids is 2. The van der Waals surface area contributed by atoms with E-state index in [0.717, 1.165) is 11.4 Å². The number of nitrogens with one attached hydrogen (secondary N) is 1. The predicted molar refractivity (Wildman–Crippen MR) is 97.2 cm³/mol. The molecule has 0 fully saturated rings. The minimum absolute atomic E-state index is 0.0571. The van der Waals surface area contributed by atoms with E-state index in [-0.39, 0.29) is 11.8 Å². The van der Waals surface area contributed by atoms with Crippen LogP contribution in [0.4, 0.5) is 11.4 Å². The van der Waals surface area contributed by atoms with Crippen LogP contribution in [0.25, 0.3) is 0 Å². The number of methoxy groups -OCH3 is 1. The van der Waals surface area contributed by atoms with Crippen LogP contribution in [0, 0.1) is 0 Å². The van der Waals surface area contributed by atoms with Crippen molar-refractivity contribution in [1.29, 1.82) is 0 Å². The summed E-state index contributed by atoms with van der Waals surface area (Å²) in [5.41, 5.74) is 1.39. The van der Waals surface area contributed by atoms with E-state index in [1.165, 1.54) is 11.8 Å². The summed E-state index contributed by atoms with van der Waals surface area (Å²) in [5.74, 6) is 0.990. The maximum absolute atomic E-state index is 12.2. The first kappa shape index (κ1) is 18.3. The van der Waals surface area contributed by atoms with Gasteiger partial charge >= 0.3 is 0 Å². The lowest BCUT2D eigenvalue weighted by Gasteiger charge is -2.17. The van der Waals surface area contributed by atoms with Crippen molar-refractivity contribution in [1.82, 2.24) is 0 Å². The zero-order valence-corrected chi connectivity index (χ0v) is 14.8. The number of benzene rings is 2. The Kier molecular flexibility index (Phi) is 6.00. The quantitative estimate of drug-likeness (QED) is 0.876. The second kappa shape index (κ2) is 8.19. The molecule has 2 aromatic carbocycles. The third-order valence-electron chi connectivity index (χ3n) is 3.74. The van der Waals surface area contributed by atoms with Crippen LogP contribution in [0.1, 0.15) is 13.8 Å². The van der Waals surface area contributed by atoms with Gasteiger partial charge in [0.05, 0.1) is 7.11 Å². The van der Waals surface area contributed by atoms with Crippen molar-refractivity contribution in [2.45, 2.75) is 20.0 Å². The lowest BCUT2D eigenvalue weighted by molar-refractivity contribution is -0.122. The first-order valence-corrected chi connectivity index (χ1v) is 7.86. The maximum atomic E-state index is 12.2. The first-order chi connectivity index (χ1) is 11.9. The molecule has 2 aromatic rings. The van der Waals surface area contributed by atoms with Crippen LogP contribution >= 0.6 is 0 Å². The fourth-order valence-electron chi connectivity index (χ4n) is 2.11. The fraction of sp³-hybridized carbons (Fsp3) is 0.263. The molecule has 0 saturated carbocycles. The first-order valence-electron chi connectivity index (χ1n) is 7.86. The number of amides is 2. The number of hydrogen-bond donors (Lipinski definition) is 1. The number of hydrogen-bond acceptors (Lipinski definition) is 4. The summed E-state index contributed by atoms with van der Waals surface area (Å²) < 4.78 is 10.7. The number of carbonyl (C=O) groups is 2. The molecule has 0 heterocycles. The van der Waals surface area contributed by atoms with Crippen molar-refractivity contribution < 1.29 is 19.1 Å². The van der Waals surface area contributed by atoms with Crippen molar-refractivity contribution in [3.63, 3.8) is 0 Å². The van der Waals surface area contributed by atoms with Gasteiger partial charge in [-0.3, -0.25) is 9.59 Å². The average molecular weight is 342 g/mol. The average Bonchev–Trinajstić information content (AvgIpc) is 2.62. The molecule has 0 saturated heterocycles. The van der Waals surface area contributed by atoms with E-state index in [9.17, 15) is 9.59 Å². The minimum atomic E-state index is -0.659. The van der Waals surface area contributed by atoms with E-state index >= 15 is 0 Å². The molecule has 6 nitrogen and oxygen atoms in total. The van der Waals surface area contributed by atoms with Gasteiger partial charge in [0.1, 0.15) is 11.5 Å². The summed E-state index contributed by atoms with van der Waals surface area (Å²) in [6.45, 7) is 3.17. The molecule has 0 unspecified atom stereocenters. The number of nitrogens with zero attached hydrogens (tertiary/aromatic N) is 1. The topological polar surface area (TPSA) is 67.9 Å². The normalized spacial score (nSPS) is 11.4. The Morgan fingerprint density at radius 1 is 1.00 bits per heavy atom. The second-order valence-electron chi connectivity index (χ2n) is 5.55. The molecule has 0 aliphatic carbocycles. The molecule has 0 aliphatic heterocycles. The summed E-state index contributed by atoms with van der Waals surface area (Å²) in [4.78, 5) is 25.1. The van der Waals surface area contributed by atoms with E-state index < -0.39 is 6.10 Å². The van der Waals surface area contributed by atoms with Crippen molar-refractivity contribution in [2.24, 2.45) is 0 Å². The van der Waals surface area contributed by atoms with Crippen LogP contribution in [0.3, 0.4) is 0 Å². The van der Waals surface area contributed by atoms with Gasteiger partial charge in [0.2, 0.25) is 5.91 Å². The summed E-state index contributed by atoms with van der Waals surface area (Å²) in [6.07, 6.45) is -0.659. The predicted octanol–water partition coefficient (Wildman–Crippen LogP) is 3.08. The smallest absolute Gasteiger partial charge is 0.265 e. The maximum Gasteiger partial charge on any atom is 0.265 e. The summed E-state index contributed by atoms with van der Waals surface area (Å²) in [5, 5.41) is 2.79. The molecule has 2 rings (SSSR count). The monoisotopic (exact) mass is 342 g/mol. The molecule has 6 heteroatoms. The lowest BCUT2D eigenvalue weighted by atomic mass is 10.2. The van der Waals surface area contributed by atoms with Crippen molar-refractivity contribution >= 4 is 23.2 Å². The molecule has 2 amide bonds. The van der Waals surface area contributed by atoms with Crippen LogP contribution in [0.5, 0.6) is 11.5 Å². The highest BCUT2D eigenvalue weighted by Crippen LogP contribution is 2.20. The Morgan fingerprint density at radius 3 is 2.08 bits per heavy atom. The van der Waals surface area contributed by atoms with Crippen LogP contribution in [-0.2, 0) is 9.59 Å². The molecule has 0 aliphatic rings. The Labute approximate surface area is 147 Å². The third-order valence-corrected chi connectivity index (χ3v) is 3.74. The van der Waals surface area contributed by atoms with E-state index in [1.54, 1.807) is 69.6 Å². The van der Waals surface area contributed by atoms with Gasteiger partial charge in [-0.25, -0.2) is 0 Å². The van der Waals surface area contributed by atoms with Crippen molar-refractivity contribution in [3.8, 4) is 11.5 Å². The van der Waals surface area contributed by atoms with Crippen molar-refractivity contribution in [2.75, 3.05) is 24.4 Å². The summed E-state index contributed by atoms with van der Waals surface area (Å²) >= 11 is 0. The van der Waals surface area contributed by atoms with Crippen LogP contribution in [0.2, 0.25) is 0 Å². The van der Waals surface area contributed by atoms with E-state index in [4.69, 9.17) is 9.47 Å². The lowest BCUT2D eigenvalue weighted by Crippen LogP contribution is -2.30. The van der Waals surface area contributed by atoms with Crippen LogP contribution < -0.4 is 19.7 Å². The number of ether oxygens (including phenoxy) is 2. The molecule has 0 spiro atoms. The standard InChI is InChI=1S/C19H22N2O4/c1-13(25-18-11-9-17(24-4)10-12-18)19(23)20-15-5-7-16(8-6-15)21(3)14(2)22/h5-13H,1-4H3,(H,20,23)/t13-/m0/s1. The molecular formula is C19H22N2O4. The van der Waals surface area contributed by atoms with Gasteiger partial charge < -0.3 is 19.7 Å². The molecule has 1 N–H and O–H groups in total. The van der Waals surface area contributed by atoms with E-state index in [2.05, 4.69) is 5.32 Å². The molecule has 132 valence electrons. The Hall–Kier alpha value is -3.02. The zero-order valence-electron chi connectivity index (χ0n) is 14.8. The molecule has 1 atom stereocenters. The highest BCUT2D eigenvalue weighted by Gasteiger charge is 2.15. The van der Waals surface area contributed by atoms with E-state index in [1.807, 2.05) is 0 Å². The van der Waals surface area contributed by atoms with Gasteiger partial charge in [0.25, 0.3) is 5.91 Å².